The number of carbonyl (C=O) groups excluding carboxylic acids is 1. The third-order valence-electron chi connectivity index (χ3n) is 2.28. The molecule has 1 N–H and O–H groups in total. The Kier molecular flexibility index (Phi) is 3.22. The molecule has 0 saturated heterocycles. The van der Waals surface area contributed by atoms with E-state index in [9.17, 15) is 19.7 Å². The van der Waals surface area contributed by atoms with Crippen molar-refractivity contribution in [1.82, 2.24) is 0 Å². The molecule has 7 nitrogen and oxygen atoms in total. The summed E-state index contributed by atoms with van der Waals surface area (Å²) in [6.45, 7) is 1.23. The van der Waals surface area contributed by atoms with Crippen molar-refractivity contribution < 1.29 is 14.1 Å². The number of nitro benzene ring substituents is 1. The van der Waals surface area contributed by atoms with Gasteiger partial charge in [0.25, 0.3) is 0 Å². The number of non-ortho nitro benzene ring substituents is 1. The van der Waals surface area contributed by atoms with Crippen LogP contribution in [-0.2, 0) is 4.79 Å². The van der Waals surface area contributed by atoms with E-state index in [1.54, 1.807) is 0 Å². The number of nitrogens with zero attached hydrogens (tertiary/aromatic N) is 1. The molecule has 2 aromatic rings. The van der Waals surface area contributed by atoms with Crippen LogP contribution in [0.5, 0.6) is 0 Å². The Hall–Kier alpha value is -2.41. The van der Waals surface area contributed by atoms with E-state index in [2.05, 4.69) is 5.32 Å². The molecule has 98 valence electrons. The fourth-order valence-electron chi connectivity index (χ4n) is 1.59. The summed E-state index contributed by atoms with van der Waals surface area (Å²) in [4.78, 5) is 32.7. The molecule has 0 radical (unpaired) electrons. The summed E-state index contributed by atoms with van der Waals surface area (Å²) in [6, 6.07) is 3.77. The van der Waals surface area contributed by atoms with Crippen molar-refractivity contribution in [2.24, 2.45) is 0 Å². The number of fused-ring (bicyclic) bond motifs is 1. The minimum atomic E-state index is -0.867. The zero-order valence-electron chi connectivity index (χ0n) is 9.60. The molecular weight excluding hydrogens is 276 g/mol. The monoisotopic (exact) mass is 282 g/mol. The molecule has 0 aliphatic heterocycles. The highest BCUT2D eigenvalue weighted by molar-refractivity contribution is 6.31. The molecule has 2 rings (SSSR count). The highest BCUT2D eigenvalue weighted by Gasteiger charge is 2.18. The number of anilines is 1. The van der Waals surface area contributed by atoms with Crippen molar-refractivity contribution in [3.8, 4) is 0 Å². The molecule has 1 amide bonds. The van der Waals surface area contributed by atoms with Crippen LogP contribution in [0.4, 0.5) is 11.4 Å². The lowest BCUT2D eigenvalue weighted by Gasteiger charge is -2.03. The van der Waals surface area contributed by atoms with E-state index >= 15 is 0 Å². The van der Waals surface area contributed by atoms with Crippen LogP contribution < -0.4 is 10.9 Å². The number of rotatable bonds is 2. The second-order valence-corrected chi connectivity index (χ2v) is 4.17. The predicted octanol–water partition coefficient (Wildman–Crippen LogP) is 2.31. The van der Waals surface area contributed by atoms with Gasteiger partial charge >= 0.3 is 11.3 Å². The standard InChI is InChI=1S/C11H7ClN2O5/c1-5(15)13-8-3-6-2-7(12)4-9(14(17)18)10(6)19-11(8)16/h2-4H,1H3,(H,13,15). The molecule has 0 bridgehead atoms. The van der Waals surface area contributed by atoms with Gasteiger partial charge in [-0.3, -0.25) is 14.9 Å². The van der Waals surface area contributed by atoms with Gasteiger partial charge in [0.15, 0.2) is 0 Å². The van der Waals surface area contributed by atoms with E-state index in [-0.39, 0.29) is 21.7 Å². The number of hydrogen-bond acceptors (Lipinski definition) is 5. The third kappa shape index (κ3) is 2.55. The van der Waals surface area contributed by atoms with Gasteiger partial charge in [0, 0.05) is 23.4 Å². The maximum Gasteiger partial charge on any atom is 0.360 e. The molecule has 0 fully saturated rings. The fraction of sp³-hybridized carbons (Fsp3) is 0.0909. The van der Waals surface area contributed by atoms with Crippen LogP contribution in [-0.4, -0.2) is 10.8 Å². The summed E-state index contributed by atoms with van der Waals surface area (Å²) in [7, 11) is 0. The van der Waals surface area contributed by atoms with Crippen LogP contribution in [0.25, 0.3) is 11.0 Å². The molecule has 0 aliphatic rings. The first kappa shape index (κ1) is 13.0. The van der Waals surface area contributed by atoms with E-state index in [1.807, 2.05) is 0 Å². The summed E-state index contributed by atoms with van der Waals surface area (Å²) >= 11 is 5.75. The summed E-state index contributed by atoms with van der Waals surface area (Å²) in [6.07, 6.45) is 0. The van der Waals surface area contributed by atoms with Crippen molar-refractivity contribution in [1.29, 1.82) is 0 Å². The number of carbonyl (C=O) groups is 1. The van der Waals surface area contributed by atoms with Crippen molar-refractivity contribution in [3.05, 3.63) is 43.8 Å². The van der Waals surface area contributed by atoms with E-state index in [4.69, 9.17) is 16.0 Å². The molecule has 1 heterocycles. The van der Waals surface area contributed by atoms with E-state index in [1.165, 1.54) is 19.1 Å². The Morgan fingerprint density at radius 1 is 1.42 bits per heavy atom. The van der Waals surface area contributed by atoms with Crippen LogP contribution in [0.15, 0.2) is 27.4 Å². The first-order valence-corrected chi connectivity index (χ1v) is 5.45. The van der Waals surface area contributed by atoms with Crippen LogP contribution in [0.2, 0.25) is 5.02 Å². The average molecular weight is 283 g/mol. The van der Waals surface area contributed by atoms with Gasteiger partial charge in [-0.05, 0) is 12.1 Å². The lowest BCUT2D eigenvalue weighted by Crippen LogP contribution is -2.14. The molecule has 0 atom stereocenters. The van der Waals surface area contributed by atoms with Crippen LogP contribution in [0.3, 0.4) is 0 Å². The first-order valence-electron chi connectivity index (χ1n) is 5.08. The van der Waals surface area contributed by atoms with Gasteiger partial charge in [-0.2, -0.15) is 0 Å². The van der Waals surface area contributed by atoms with Gasteiger partial charge in [0.1, 0.15) is 5.69 Å². The van der Waals surface area contributed by atoms with Crippen molar-refractivity contribution in [3.63, 3.8) is 0 Å². The van der Waals surface area contributed by atoms with Crippen molar-refractivity contribution in [2.45, 2.75) is 6.92 Å². The molecule has 0 aliphatic carbocycles. The van der Waals surface area contributed by atoms with Gasteiger partial charge in [-0.1, -0.05) is 11.6 Å². The van der Waals surface area contributed by atoms with Gasteiger partial charge in [0.05, 0.1) is 4.92 Å². The number of nitrogens with one attached hydrogen (secondary N) is 1. The van der Waals surface area contributed by atoms with Gasteiger partial charge in [0.2, 0.25) is 11.5 Å². The maximum atomic E-state index is 11.6. The SMILES string of the molecule is CC(=O)Nc1cc2cc(Cl)cc([N+](=O)[O-])c2oc1=O. The highest BCUT2D eigenvalue weighted by Crippen LogP contribution is 2.29. The van der Waals surface area contributed by atoms with E-state index in [0.717, 1.165) is 6.07 Å². The van der Waals surface area contributed by atoms with Crippen molar-refractivity contribution >= 4 is 39.9 Å². The van der Waals surface area contributed by atoms with E-state index in [0.29, 0.717) is 0 Å². The quantitative estimate of drug-likeness (QED) is 0.517. The average Bonchev–Trinajstić information content (AvgIpc) is 2.29. The number of amides is 1. The minimum absolute atomic E-state index is 0.100. The molecule has 0 spiro atoms. The normalized spacial score (nSPS) is 10.4. The third-order valence-corrected chi connectivity index (χ3v) is 2.50. The molecule has 0 saturated carbocycles. The lowest BCUT2D eigenvalue weighted by molar-refractivity contribution is -0.383. The number of hydrogen-bond donors (Lipinski definition) is 1. The number of halogens is 1. The second kappa shape index (κ2) is 4.69. The van der Waals surface area contributed by atoms with Crippen LogP contribution in [0.1, 0.15) is 6.92 Å². The Morgan fingerprint density at radius 2 is 2.11 bits per heavy atom. The summed E-state index contributed by atoms with van der Waals surface area (Å²) in [5.74, 6) is -0.455. The first-order chi connectivity index (χ1) is 8.88. The second-order valence-electron chi connectivity index (χ2n) is 3.73. The van der Waals surface area contributed by atoms with Gasteiger partial charge in [-0.15, -0.1) is 0 Å². The lowest BCUT2D eigenvalue weighted by atomic mass is 10.2. The Bertz CT molecular complexity index is 753. The van der Waals surface area contributed by atoms with Crippen molar-refractivity contribution in [2.75, 3.05) is 5.32 Å². The Labute approximate surface area is 110 Å². The zero-order valence-corrected chi connectivity index (χ0v) is 10.4. The van der Waals surface area contributed by atoms with Gasteiger partial charge in [-0.25, -0.2) is 4.79 Å². The Morgan fingerprint density at radius 3 is 2.68 bits per heavy atom. The molecule has 1 aromatic heterocycles. The van der Waals surface area contributed by atoms with Gasteiger partial charge < -0.3 is 9.73 Å². The molecule has 8 heteroatoms. The topological polar surface area (TPSA) is 102 Å². The Balaban J connectivity index is 2.77. The predicted molar refractivity (Wildman–Crippen MR) is 68.5 cm³/mol. The molecular formula is C11H7ClN2O5. The van der Waals surface area contributed by atoms with E-state index < -0.39 is 22.1 Å². The molecule has 0 unspecified atom stereocenters. The molecule has 1 aromatic carbocycles. The number of benzene rings is 1. The number of nitro groups is 1. The molecule has 19 heavy (non-hydrogen) atoms. The fourth-order valence-corrected chi connectivity index (χ4v) is 1.81. The minimum Gasteiger partial charge on any atom is -0.414 e. The summed E-state index contributed by atoms with van der Waals surface area (Å²) in [5, 5.41) is 13.5. The van der Waals surface area contributed by atoms with Crippen LogP contribution in [0, 0.1) is 10.1 Å². The summed E-state index contributed by atoms with van der Waals surface area (Å²) in [5.41, 5.74) is -1.56. The summed E-state index contributed by atoms with van der Waals surface area (Å²) < 4.78 is 4.87. The zero-order chi connectivity index (χ0) is 14.2. The highest BCUT2D eigenvalue weighted by atomic mass is 35.5. The van der Waals surface area contributed by atoms with Crippen LogP contribution >= 0.6 is 11.6 Å². The largest absolute Gasteiger partial charge is 0.414 e. The smallest absolute Gasteiger partial charge is 0.360 e. The maximum absolute atomic E-state index is 11.6.